The van der Waals surface area contributed by atoms with Crippen molar-refractivity contribution < 1.29 is 4.39 Å². The molecule has 0 atom stereocenters. The zero-order valence-corrected chi connectivity index (χ0v) is 12.8. The lowest BCUT2D eigenvalue weighted by Gasteiger charge is -2.13. The fraction of sp³-hybridized carbons (Fsp3) is 0.0625. The highest BCUT2D eigenvalue weighted by Gasteiger charge is 2.19. The fourth-order valence-electron chi connectivity index (χ4n) is 2.30. The molecular formula is C16H12FN5S. The molecular weight excluding hydrogens is 313 g/mol. The van der Waals surface area contributed by atoms with Crippen molar-refractivity contribution in [3.05, 3.63) is 66.4 Å². The fourth-order valence-corrected chi connectivity index (χ4v) is 3.12. The van der Waals surface area contributed by atoms with E-state index in [1.165, 1.54) is 23.5 Å². The molecule has 0 bridgehead atoms. The number of hydrogen-bond acceptors (Lipinski definition) is 6. The Morgan fingerprint density at radius 2 is 1.96 bits per heavy atom. The molecule has 23 heavy (non-hydrogen) atoms. The first-order valence-corrected chi connectivity index (χ1v) is 7.84. The zero-order chi connectivity index (χ0) is 15.6. The van der Waals surface area contributed by atoms with Gasteiger partial charge in [-0.15, -0.1) is 10.2 Å². The van der Waals surface area contributed by atoms with Gasteiger partial charge in [0, 0.05) is 24.2 Å². The molecule has 0 spiro atoms. The number of anilines is 1. The van der Waals surface area contributed by atoms with Crippen LogP contribution in [0.4, 0.5) is 9.52 Å². The molecule has 0 aliphatic carbocycles. The van der Waals surface area contributed by atoms with E-state index in [2.05, 4.69) is 20.6 Å². The minimum absolute atomic E-state index is 0.259. The zero-order valence-electron chi connectivity index (χ0n) is 12.0. The van der Waals surface area contributed by atoms with Crippen molar-refractivity contribution in [3.8, 4) is 10.6 Å². The van der Waals surface area contributed by atoms with Crippen molar-refractivity contribution in [1.29, 1.82) is 0 Å². The maximum Gasteiger partial charge on any atom is 0.227 e. The summed E-state index contributed by atoms with van der Waals surface area (Å²) in [6, 6.07) is 10.2. The van der Waals surface area contributed by atoms with Crippen LogP contribution >= 0.6 is 11.3 Å². The summed E-state index contributed by atoms with van der Waals surface area (Å²) < 4.78 is 13.0. The molecule has 3 heterocycles. The smallest absolute Gasteiger partial charge is 0.227 e. The summed E-state index contributed by atoms with van der Waals surface area (Å²) in [7, 11) is 0. The number of nitrogens with zero attached hydrogens (tertiary/aromatic N) is 4. The number of hydrogen-bond donors (Lipinski definition) is 1. The average molecular weight is 325 g/mol. The lowest BCUT2D eigenvalue weighted by molar-refractivity contribution is 0.628. The molecule has 114 valence electrons. The molecule has 5 nitrogen and oxygen atoms in total. The quantitative estimate of drug-likeness (QED) is 0.802. The predicted molar refractivity (Wildman–Crippen MR) is 88.0 cm³/mol. The van der Waals surface area contributed by atoms with Crippen LogP contribution in [0, 0.1) is 5.82 Å². The number of nitrogens with one attached hydrogen (secondary N) is 1. The van der Waals surface area contributed by atoms with Crippen molar-refractivity contribution >= 4 is 22.0 Å². The lowest BCUT2D eigenvalue weighted by atomic mass is 10.1. The van der Waals surface area contributed by atoms with Crippen LogP contribution in [0.2, 0.25) is 0 Å². The van der Waals surface area contributed by atoms with E-state index >= 15 is 0 Å². The molecule has 1 aliphatic heterocycles. The lowest BCUT2D eigenvalue weighted by Crippen LogP contribution is -2.29. The first-order chi connectivity index (χ1) is 11.3. The van der Waals surface area contributed by atoms with Crippen LogP contribution in [0.15, 0.2) is 55.0 Å². The highest BCUT2D eigenvalue weighted by molar-refractivity contribution is 7.18. The molecule has 0 fully saturated rings. The van der Waals surface area contributed by atoms with Gasteiger partial charge in [-0.25, -0.2) is 4.39 Å². The number of hydrazine groups is 1. The first kappa shape index (κ1) is 13.8. The van der Waals surface area contributed by atoms with Gasteiger partial charge in [-0.1, -0.05) is 17.4 Å². The van der Waals surface area contributed by atoms with Gasteiger partial charge < -0.3 is 5.43 Å². The van der Waals surface area contributed by atoms with E-state index in [4.69, 9.17) is 0 Å². The summed E-state index contributed by atoms with van der Waals surface area (Å²) in [4.78, 5) is 4.13. The molecule has 4 rings (SSSR count). The van der Waals surface area contributed by atoms with Crippen LogP contribution in [-0.4, -0.2) is 21.7 Å². The maximum absolute atomic E-state index is 13.0. The Kier molecular flexibility index (Phi) is 3.47. The number of halogens is 1. The second-order valence-corrected chi connectivity index (χ2v) is 5.98. The third-order valence-corrected chi connectivity index (χ3v) is 4.49. The predicted octanol–water partition coefficient (Wildman–Crippen LogP) is 3.10. The first-order valence-electron chi connectivity index (χ1n) is 7.02. The van der Waals surface area contributed by atoms with Gasteiger partial charge in [0.1, 0.15) is 10.8 Å². The summed E-state index contributed by atoms with van der Waals surface area (Å²) in [6.07, 6.45) is 5.53. The largest absolute Gasteiger partial charge is 0.303 e. The minimum Gasteiger partial charge on any atom is -0.303 e. The van der Waals surface area contributed by atoms with Gasteiger partial charge in [-0.2, -0.15) is 0 Å². The average Bonchev–Trinajstić information content (AvgIpc) is 3.26. The summed E-state index contributed by atoms with van der Waals surface area (Å²) in [5.74, 6) is -0.259. The summed E-state index contributed by atoms with van der Waals surface area (Å²) in [6.45, 7) is 0.684. The topological polar surface area (TPSA) is 53.9 Å². The Morgan fingerprint density at radius 3 is 2.74 bits per heavy atom. The van der Waals surface area contributed by atoms with E-state index in [1.807, 2.05) is 29.5 Å². The molecule has 0 saturated carbocycles. The summed E-state index contributed by atoms with van der Waals surface area (Å²) in [5, 5.41) is 11.8. The Balaban J connectivity index is 1.52. The molecule has 0 radical (unpaired) electrons. The second-order valence-electron chi connectivity index (χ2n) is 5.02. The van der Waals surface area contributed by atoms with Gasteiger partial charge >= 0.3 is 0 Å². The summed E-state index contributed by atoms with van der Waals surface area (Å²) in [5.41, 5.74) is 6.25. The van der Waals surface area contributed by atoms with Crippen LogP contribution < -0.4 is 10.4 Å². The third-order valence-electron chi connectivity index (χ3n) is 3.49. The van der Waals surface area contributed by atoms with Gasteiger partial charge in [-0.3, -0.25) is 9.99 Å². The molecule has 0 saturated heterocycles. The Bertz CT molecular complexity index is 844. The standard InChI is InChI=1S/C16H12FN5S/c17-14-5-3-11(4-6-14)15-20-21-16(23-15)22-10-13(9-19-22)12-2-1-7-18-8-12/h1-9,19H,10H2. The molecule has 1 aliphatic rings. The maximum atomic E-state index is 13.0. The molecule has 3 aromatic rings. The monoisotopic (exact) mass is 325 g/mol. The highest BCUT2D eigenvalue weighted by atomic mass is 32.1. The molecule has 0 unspecified atom stereocenters. The van der Waals surface area contributed by atoms with Crippen LogP contribution in [0.25, 0.3) is 16.1 Å². The number of rotatable bonds is 3. The van der Waals surface area contributed by atoms with E-state index in [1.54, 1.807) is 18.3 Å². The number of pyridine rings is 1. The van der Waals surface area contributed by atoms with E-state index in [0.29, 0.717) is 6.54 Å². The van der Waals surface area contributed by atoms with E-state index in [9.17, 15) is 4.39 Å². The van der Waals surface area contributed by atoms with Crippen molar-refractivity contribution in [1.82, 2.24) is 20.6 Å². The molecule has 7 heteroatoms. The van der Waals surface area contributed by atoms with Crippen LogP contribution in [0.1, 0.15) is 5.56 Å². The molecule has 2 aromatic heterocycles. The molecule has 1 N–H and O–H groups in total. The van der Waals surface area contributed by atoms with Gasteiger partial charge in [0.15, 0.2) is 0 Å². The van der Waals surface area contributed by atoms with Crippen LogP contribution in [0.5, 0.6) is 0 Å². The van der Waals surface area contributed by atoms with E-state index in [-0.39, 0.29) is 5.82 Å². The van der Waals surface area contributed by atoms with Gasteiger partial charge in [0.05, 0.1) is 6.54 Å². The Morgan fingerprint density at radius 1 is 1.09 bits per heavy atom. The minimum atomic E-state index is -0.259. The van der Waals surface area contributed by atoms with Crippen molar-refractivity contribution in [3.63, 3.8) is 0 Å². The summed E-state index contributed by atoms with van der Waals surface area (Å²) >= 11 is 1.46. The number of aromatic nitrogens is 3. The van der Waals surface area contributed by atoms with Crippen molar-refractivity contribution in [2.45, 2.75) is 0 Å². The highest BCUT2D eigenvalue weighted by Crippen LogP contribution is 2.30. The SMILES string of the molecule is Fc1ccc(-c2nnc(N3CC(c4cccnc4)=CN3)s2)cc1. The molecule has 1 aromatic carbocycles. The normalized spacial score (nSPS) is 13.8. The van der Waals surface area contributed by atoms with Crippen LogP contribution in [-0.2, 0) is 0 Å². The van der Waals surface area contributed by atoms with E-state index < -0.39 is 0 Å². The van der Waals surface area contributed by atoms with Gasteiger partial charge in [-0.05, 0) is 41.5 Å². The van der Waals surface area contributed by atoms with Gasteiger partial charge in [0.2, 0.25) is 5.13 Å². The van der Waals surface area contributed by atoms with Crippen molar-refractivity contribution in [2.24, 2.45) is 0 Å². The Hall–Kier alpha value is -2.80. The Labute approximate surface area is 136 Å². The van der Waals surface area contributed by atoms with Crippen LogP contribution in [0.3, 0.4) is 0 Å². The third kappa shape index (κ3) is 2.78. The van der Waals surface area contributed by atoms with Gasteiger partial charge in [0.25, 0.3) is 0 Å². The number of benzene rings is 1. The second kappa shape index (κ2) is 5.77. The molecule has 0 amide bonds. The van der Waals surface area contributed by atoms with E-state index in [0.717, 1.165) is 26.8 Å². The van der Waals surface area contributed by atoms with Crippen molar-refractivity contribution in [2.75, 3.05) is 11.6 Å².